The van der Waals surface area contributed by atoms with Crippen LogP contribution < -0.4 is 10.9 Å². The maximum Gasteiger partial charge on any atom is 0.275 e. The van der Waals surface area contributed by atoms with E-state index in [-0.39, 0.29) is 18.0 Å². The smallest absolute Gasteiger partial charge is 0.275 e. The summed E-state index contributed by atoms with van der Waals surface area (Å²) in [5, 5.41) is 12.4. The molecular formula is C19H16N6O2. The molecule has 0 saturated heterocycles. The number of hydrogen-bond acceptors (Lipinski definition) is 5. The highest BCUT2D eigenvalue weighted by Crippen LogP contribution is 2.12. The van der Waals surface area contributed by atoms with Gasteiger partial charge in [-0.25, -0.2) is 14.3 Å². The first kappa shape index (κ1) is 16.6. The lowest BCUT2D eigenvalue weighted by molar-refractivity contribution is -0.117. The van der Waals surface area contributed by atoms with E-state index in [1.54, 1.807) is 47.4 Å². The van der Waals surface area contributed by atoms with Crippen LogP contribution in [0.25, 0.3) is 16.6 Å². The third-order valence-corrected chi connectivity index (χ3v) is 4.12. The van der Waals surface area contributed by atoms with Crippen molar-refractivity contribution in [1.82, 2.24) is 24.5 Å². The van der Waals surface area contributed by atoms with Crippen molar-refractivity contribution in [3.05, 3.63) is 77.1 Å². The van der Waals surface area contributed by atoms with Gasteiger partial charge in [0.2, 0.25) is 5.91 Å². The van der Waals surface area contributed by atoms with Gasteiger partial charge in [0, 0.05) is 17.8 Å². The lowest BCUT2D eigenvalue weighted by Crippen LogP contribution is -2.30. The van der Waals surface area contributed by atoms with E-state index in [1.807, 2.05) is 19.1 Å². The van der Waals surface area contributed by atoms with Crippen LogP contribution in [0.1, 0.15) is 5.69 Å². The fraction of sp³-hybridized carbons (Fsp3) is 0.105. The minimum Gasteiger partial charge on any atom is -0.323 e. The number of benzene rings is 1. The number of anilines is 1. The summed E-state index contributed by atoms with van der Waals surface area (Å²) in [4.78, 5) is 29.1. The van der Waals surface area contributed by atoms with Crippen LogP contribution in [0.2, 0.25) is 0 Å². The van der Waals surface area contributed by atoms with E-state index in [1.165, 1.54) is 10.9 Å². The molecule has 3 aromatic heterocycles. The maximum atomic E-state index is 12.5. The predicted octanol–water partition coefficient (Wildman–Crippen LogP) is 1.92. The quantitative estimate of drug-likeness (QED) is 0.600. The van der Waals surface area contributed by atoms with Crippen molar-refractivity contribution in [2.45, 2.75) is 13.5 Å². The number of nitrogens with zero attached hydrogens (tertiary/aromatic N) is 5. The van der Waals surface area contributed by atoms with Crippen LogP contribution >= 0.6 is 0 Å². The highest BCUT2D eigenvalue weighted by molar-refractivity contribution is 5.90. The van der Waals surface area contributed by atoms with E-state index in [0.29, 0.717) is 22.6 Å². The van der Waals surface area contributed by atoms with Crippen LogP contribution in [0.5, 0.6) is 0 Å². The summed E-state index contributed by atoms with van der Waals surface area (Å²) in [6.07, 6.45) is 4.98. The molecule has 4 rings (SSSR count). The van der Waals surface area contributed by atoms with E-state index >= 15 is 0 Å². The summed E-state index contributed by atoms with van der Waals surface area (Å²) in [6.45, 7) is 1.64. The number of nitrogens with one attached hydrogen (secondary N) is 1. The zero-order valence-electron chi connectivity index (χ0n) is 14.5. The van der Waals surface area contributed by atoms with Gasteiger partial charge in [0.05, 0.1) is 23.0 Å². The molecule has 0 aliphatic rings. The normalized spacial score (nSPS) is 10.9. The van der Waals surface area contributed by atoms with Crippen LogP contribution in [0.3, 0.4) is 0 Å². The van der Waals surface area contributed by atoms with Gasteiger partial charge in [0.15, 0.2) is 5.82 Å². The molecule has 0 radical (unpaired) electrons. The summed E-state index contributed by atoms with van der Waals surface area (Å²) >= 11 is 0. The minimum atomic E-state index is -0.354. The number of aryl methyl sites for hydroxylation is 1. The molecule has 0 atom stereocenters. The summed E-state index contributed by atoms with van der Waals surface area (Å²) in [6, 6.07) is 12.5. The van der Waals surface area contributed by atoms with Crippen molar-refractivity contribution >= 4 is 22.4 Å². The standard InChI is InChI=1S/C19H16N6O2/c1-13-15-5-2-3-6-16(15)19(27)25(23-13)12-18(26)22-14-7-8-17(20-11-14)24-10-4-9-21-24/h2-11H,12H2,1H3,(H,22,26). The van der Waals surface area contributed by atoms with Gasteiger partial charge in [-0.3, -0.25) is 9.59 Å². The zero-order chi connectivity index (χ0) is 18.8. The Kier molecular flexibility index (Phi) is 4.21. The Morgan fingerprint density at radius 2 is 1.93 bits per heavy atom. The number of rotatable bonds is 4. The van der Waals surface area contributed by atoms with Gasteiger partial charge >= 0.3 is 0 Å². The van der Waals surface area contributed by atoms with E-state index in [4.69, 9.17) is 0 Å². The van der Waals surface area contributed by atoms with E-state index in [2.05, 4.69) is 20.5 Å². The third-order valence-electron chi connectivity index (χ3n) is 4.12. The second-order valence-electron chi connectivity index (χ2n) is 6.00. The van der Waals surface area contributed by atoms with E-state index < -0.39 is 0 Å². The van der Waals surface area contributed by atoms with Crippen molar-refractivity contribution in [2.24, 2.45) is 0 Å². The molecule has 3 heterocycles. The lowest BCUT2D eigenvalue weighted by atomic mass is 10.1. The second kappa shape index (κ2) is 6.83. The van der Waals surface area contributed by atoms with E-state index in [9.17, 15) is 9.59 Å². The van der Waals surface area contributed by atoms with Crippen LogP contribution in [0, 0.1) is 6.92 Å². The summed E-state index contributed by atoms with van der Waals surface area (Å²) in [5.74, 6) is 0.286. The molecule has 4 aromatic rings. The fourth-order valence-electron chi connectivity index (χ4n) is 2.85. The minimum absolute atomic E-state index is 0.175. The van der Waals surface area contributed by atoms with Crippen molar-refractivity contribution in [1.29, 1.82) is 0 Å². The summed E-state index contributed by atoms with van der Waals surface area (Å²) < 4.78 is 2.80. The SMILES string of the molecule is Cc1nn(CC(=O)Nc2ccc(-n3cccn3)nc2)c(=O)c2ccccc12. The Labute approximate surface area is 154 Å². The van der Waals surface area contributed by atoms with Gasteiger partial charge < -0.3 is 5.32 Å². The van der Waals surface area contributed by atoms with Crippen molar-refractivity contribution in [3.8, 4) is 5.82 Å². The molecule has 0 fully saturated rings. The third kappa shape index (κ3) is 3.32. The van der Waals surface area contributed by atoms with Crippen LogP contribution in [0.4, 0.5) is 5.69 Å². The number of fused-ring (bicyclic) bond motifs is 1. The molecule has 8 nitrogen and oxygen atoms in total. The largest absolute Gasteiger partial charge is 0.323 e. The topological polar surface area (TPSA) is 94.7 Å². The van der Waals surface area contributed by atoms with Crippen LogP contribution in [0.15, 0.2) is 65.8 Å². The molecule has 27 heavy (non-hydrogen) atoms. The first-order valence-electron chi connectivity index (χ1n) is 8.34. The average molecular weight is 360 g/mol. The Balaban J connectivity index is 1.52. The lowest BCUT2D eigenvalue weighted by Gasteiger charge is -2.09. The predicted molar refractivity (Wildman–Crippen MR) is 101 cm³/mol. The van der Waals surface area contributed by atoms with Crippen molar-refractivity contribution in [2.75, 3.05) is 5.32 Å². The van der Waals surface area contributed by atoms with Crippen LogP contribution in [-0.4, -0.2) is 30.5 Å². The van der Waals surface area contributed by atoms with Crippen molar-refractivity contribution in [3.63, 3.8) is 0 Å². The molecule has 0 unspecified atom stereocenters. The molecule has 1 amide bonds. The molecule has 1 aromatic carbocycles. The van der Waals surface area contributed by atoms with Gasteiger partial charge in [-0.1, -0.05) is 18.2 Å². The maximum absolute atomic E-state index is 12.5. The summed E-state index contributed by atoms with van der Waals surface area (Å²) in [7, 11) is 0. The van der Waals surface area contributed by atoms with Crippen molar-refractivity contribution < 1.29 is 4.79 Å². The monoisotopic (exact) mass is 360 g/mol. The number of pyridine rings is 1. The number of hydrogen-bond donors (Lipinski definition) is 1. The average Bonchev–Trinajstić information content (AvgIpc) is 3.21. The molecule has 134 valence electrons. The molecule has 0 bridgehead atoms. The highest BCUT2D eigenvalue weighted by atomic mass is 16.2. The van der Waals surface area contributed by atoms with E-state index in [0.717, 1.165) is 5.39 Å². The fourth-order valence-corrected chi connectivity index (χ4v) is 2.85. The number of amides is 1. The molecule has 8 heteroatoms. The summed E-state index contributed by atoms with van der Waals surface area (Å²) in [5.41, 5.74) is 0.934. The number of carbonyl (C=O) groups excluding carboxylic acids is 1. The van der Waals surface area contributed by atoms with Gasteiger partial charge in [-0.05, 0) is 31.2 Å². The Morgan fingerprint density at radius 1 is 1.11 bits per heavy atom. The first-order chi connectivity index (χ1) is 13.1. The number of aromatic nitrogens is 5. The molecule has 0 aliphatic heterocycles. The first-order valence-corrected chi connectivity index (χ1v) is 8.34. The van der Waals surface area contributed by atoms with Gasteiger partial charge in [0.1, 0.15) is 6.54 Å². The molecule has 0 saturated carbocycles. The number of carbonyl (C=O) groups is 1. The zero-order valence-corrected chi connectivity index (χ0v) is 14.5. The Hall–Kier alpha value is -3.81. The highest BCUT2D eigenvalue weighted by Gasteiger charge is 2.11. The molecule has 1 N–H and O–H groups in total. The Morgan fingerprint density at radius 3 is 2.63 bits per heavy atom. The second-order valence-corrected chi connectivity index (χ2v) is 6.00. The molecule has 0 aliphatic carbocycles. The molecular weight excluding hydrogens is 344 g/mol. The Bertz CT molecular complexity index is 1160. The molecule has 0 spiro atoms. The van der Waals surface area contributed by atoms with Gasteiger partial charge in [-0.2, -0.15) is 10.2 Å². The van der Waals surface area contributed by atoms with Gasteiger partial charge in [-0.15, -0.1) is 0 Å². The van der Waals surface area contributed by atoms with Crippen LogP contribution in [-0.2, 0) is 11.3 Å². The van der Waals surface area contributed by atoms with Gasteiger partial charge in [0.25, 0.3) is 5.56 Å².